The molecule has 6 nitrogen and oxygen atoms in total. The molecular formula is C68H128O6. The van der Waals surface area contributed by atoms with Gasteiger partial charge in [-0.05, 0) is 51.4 Å². The van der Waals surface area contributed by atoms with E-state index in [0.717, 1.165) is 64.2 Å². The van der Waals surface area contributed by atoms with Gasteiger partial charge in [0.25, 0.3) is 0 Å². The van der Waals surface area contributed by atoms with E-state index in [2.05, 4.69) is 45.1 Å². The third-order valence-electron chi connectivity index (χ3n) is 15.2. The first-order valence-electron chi connectivity index (χ1n) is 33.3. The van der Waals surface area contributed by atoms with Gasteiger partial charge in [0, 0.05) is 19.3 Å². The van der Waals surface area contributed by atoms with E-state index in [-0.39, 0.29) is 31.1 Å². The molecular weight excluding hydrogens is 913 g/mol. The van der Waals surface area contributed by atoms with E-state index >= 15 is 0 Å². The predicted octanol–water partition coefficient (Wildman–Crippen LogP) is 22.6. The topological polar surface area (TPSA) is 78.9 Å². The zero-order valence-corrected chi connectivity index (χ0v) is 50.1. The van der Waals surface area contributed by atoms with Gasteiger partial charge in [0.1, 0.15) is 13.2 Å². The quantitative estimate of drug-likeness (QED) is 0.0261. The van der Waals surface area contributed by atoms with Gasteiger partial charge in [-0.25, -0.2) is 0 Å². The fourth-order valence-corrected chi connectivity index (χ4v) is 10.2. The fraction of sp³-hybridized carbons (Fsp3) is 0.897. The lowest BCUT2D eigenvalue weighted by Crippen LogP contribution is -2.30. The highest BCUT2D eigenvalue weighted by atomic mass is 16.6. The van der Waals surface area contributed by atoms with Crippen molar-refractivity contribution in [2.24, 2.45) is 0 Å². The molecule has 0 heterocycles. The van der Waals surface area contributed by atoms with Crippen LogP contribution in [0.25, 0.3) is 0 Å². The summed E-state index contributed by atoms with van der Waals surface area (Å²) in [6.45, 7) is 6.69. The summed E-state index contributed by atoms with van der Waals surface area (Å²) in [4.78, 5) is 38.2. The van der Waals surface area contributed by atoms with Gasteiger partial charge in [-0.1, -0.05) is 328 Å². The minimum Gasteiger partial charge on any atom is -0.462 e. The van der Waals surface area contributed by atoms with Crippen molar-refractivity contribution in [2.75, 3.05) is 13.2 Å². The van der Waals surface area contributed by atoms with Crippen molar-refractivity contribution in [3.8, 4) is 0 Å². The SMILES string of the molecule is CCCCCCC/C=C\C/C=C\CCCCCCCCCCCCCCCCCC(=O)OCC(COC(=O)CCCCCCCCCCCC)OC(=O)CCCCCCCCCCCCCCCCCCCCC. The Balaban J connectivity index is 4.14. The molecule has 0 aromatic heterocycles. The Labute approximate surface area is 462 Å². The second-order valence-electron chi connectivity index (χ2n) is 22.7. The van der Waals surface area contributed by atoms with Gasteiger partial charge in [0.15, 0.2) is 6.10 Å². The van der Waals surface area contributed by atoms with Crippen LogP contribution in [0.5, 0.6) is 0 Å². The van der Waals surface area contributed by atoms with Gasteiger partial charge in [-0.15, -0.1) is 0 Å². The number of allylic oxidation sites excluding steroid dienone is 4. The van der Waals surface area contributed by atoms with Crippen LogP contribution in [0, 0.1) is 0 Å². The maximum absolute atomic E-state index is 12.9. The maximum Gasteiger partial charge on any atom is 0.306 e. The average molecular weight is 1040 g/mol. The van der Waals surface area contributed by atoms with Crippen molar-refractivity contribution in [1.82, 2.24) is 0 Å². The number of unbranched alkanes of at least 4 members (excludes halogenated alkanes) is 47. The monoisotopic (exact) mass is 1040 g/mol. The first kappa shape index (κ1) is 71.9. The van der Waals surface area contributed by atoms with Crippen molar-refractivity contribution in [3.05, 3.63) is 24.3 Å². The third kappa shape index (κ3) is 60.8. The lowest BCUT2D eigenvalue weighted by Gasteiger charge is -2.18. The Morgan fingerprint density at radius 3 is 0.743 bits per heavy atom. The van der Waals surface area contributed by atoms with Gasteiger partial charge >= 0.3 is 17.9 Å². The van der Waals surface area contributed by atoms with Gasteiger partial charge in [0.05, 0.1) is 0 Å². The summed E-state index contributed by atoms with van der Waals surface area (Å²) in [6, 6.07) is 0. The minimum absolute atomic E-state index is 0.0644. The summed E-state index contributed by atoms with van der Waals surface area (Å²) in [5.74, 6) is -0.837. The van der Waals surface area contributed by atoms with E-state index in [4.69, 9.17) is 14.2 Å². The third-order valence-corrected chi connectivity index (χ3v) is 15.2. The van der Waals surface area contributed by atoms with E-state index in [0.29, 0.717) is 19.3 Å². The molecule has 0 aliphatic carbocycles. The molecule has 0 rings (SSSR count). The lowest BCUT2D eigenvalue weighted by molar-refractivity contribution is -0.167. The molecule has 0 amide bonds. The van der Waals surface area contributed by atoms with Gasteiger partial charge < -0.3 is 14.2 Å². The first-order chi connectivity index (χ1) is 36.5. The van der Waals surface area contributed by atoms with Crippen LogP contribution in [-0.4, -0.2) is 37.2 Å². The minimum atomic E-state index is -0.765. The molecule has 0 spiro atoms. The molecule has 1 atom stereocenters. The second kappa shape index (κ2) is 63.4. The van der Waals surface area contributed by atoms with E-state index in [1.807, 2.05) is 0 Å². The van der Waals surface area contributed by atoms with Gasteiger partial charge in [0.2, 0.25) is 0 Å². The molecule has 1 unspecified atom stereocenters. The Morgan fingerprint density at radius 2 is 0.486 bits per heavy atom. The summed E-state index contributed by atoms with van der Waals surface area (Å²) < 4.78 is 16.9. The molecule has 0 radical (unpaired) electrons. The normalized spacial score (nSPS) is 12.1. The van der Waals surface area contributed by atoms with Crippen molar-refractivity contribution >= 4 is 17.9 Å². The van der Waals surface area contributed by atoms with Crippen molar-refractivity contribution < 1.29 is 28.6 Å². The smallest absolute Gasteiger partial charge is 0.306 e. The highest BCUT2D eigenvalue weighted by molar-refractivity contribution is 5.71. The van der Waals surface area contributed by atoms with Gasteiger partial charge in [-0.3, -0.25) is 14.4 Å². The number of ether oxygens (including phenoxy) is 3. The summed E-state index contributed by atoms with van der Waals surface area (Å²) in [7, 11) is 0. The summed E-state index contributed by atoms with van der Waals surface area (Å²) in [5, 5.41) is 0. The van der Waals surface area contributed by atoms with E-state index < -0.39 is 6.10 Å². The summed E-state index contributed by atoms with van der Waals surface area (Å²) in [5.41, 5.74) is 0. The van der Waals surface area contributed by atoms with Crippen molar-refractivity contribution in [2.45, 2.75) is 380 Å². The molecule has 0 N–H and O–H groups in total. The molecule has 0 aromatic carbocycles. The molecule has 0 aliphatic heterocycles. The zero-order chi connectivity index (χ0) is 53.6. The number of carbonyl (C=O) groups is 3. The Bertz CT molecular complexity index is 1190. The Kier molecular flexibility index (Phi) is 61.6. The molecule has 0 fully saturated rings. The highest BCUT2D eigenvalue weighted by Crippen LogP contribution is 2.18. The average Bonchev–Trinajstić information content (AvgIpc) is 3.40. The van der Waals surface area contributed by atoms with Crippen LogP contribution < -0.4 is 0 Å². The zero-order valence-electron chi connectivity index (χ0n) is 50.1. The molecule has 0 aliphatic rings. The Hall–Kier alpha value is -2.11. The van der Waals surface area contributed by atoms with Gasteiger partial charge in [-0.2, -0.15) is 0 Å². The van der Waals surface area contributed by atoms with Crippen LogP contribution in [0.3, 0.4) is 0 Å². The molecule has 6 heteroatoms. The lowest BCUT2D eigenvalue weighted by atomic mass is 10.0. The summed E-state index contributed by atoms with van der Waals surface area (Å²) >= 11 is 0. The van der Waals surface area contributed by atoms with Crippen LogP contribution in [0.15, 0.2) is 24.3 Å². The number of esters is 3. The van der Waals surface area contributed by atoms with Crippen molar-refractivity contribution in [1.29, 1.82) is 0 Å². The number of hydrogen-bond donors (Lipinski definition) is 0. The molecule has 0 saturated carbocycles. The highest BCUT2D eigenvalue weighted by Gasteiger charge is 2.19. The summed E-state index contributed by atoms with van der Waals surface area (Å²) in [6.07, 6.45) is 76.3. The van der Waals surface area contributed by atoms with Crippen LogP contribution in [0.1, 0.15) is 374 Å². The Morgan fingerprint density at radius 1 is 0.270 bits per heavy atom. The fourth-order valence-electron chi connectivity index (χ4n) is 10.2. The van der Waals surface area contributed by atoms with E-state index in [1.165, 1.54) is 270 Å². The first-order valence-corrected chi connectivity index (χ1v) is 33.3. The van der Waals surface area contributed by atoms with Crippen LogP contribution in [0.4, 0.5) is 0 Å². The molecule has 0 saturated heterocycles. The molecule has 74 heavy (non-hydrogen) atoms. The molecule has 436 valence electrons. The van der Waals surface area contributed by atoms with E-state index in [1.54, 1.807) is 0 Å². The number of hydrogen-bond acceptors (Lipinski definition) is 6. The molecule has 0 bridgehead atoms. The number of carbonyl (C=O) groups excluding carboxylic acids is 3. The van der Waals surface area contributed by atoms with Crippen LogP contribution in [-0.2, 0) is 28.6 Å². The van der Waals surface area contributed by atoms with Crippen LogP contribution >= 0.6 is 0 Å². The number of rotatable bonds is 62. The van der Waals surface area contributed by atoms with E-state index in [9.17, 15) is 14.4 Å². The predicted molar refractivity (Wildman–Crippen MR) is 321 cm³/mol. The largest absolute Gasteiger partial charge is 0.462 e. The molecule has 0 aromatic rings. The second-order valence-corrected chi connectivity index (χ2v) is 22.7. The maximum atomic E-state index is 12.9. The standard InChI is InChI=1S/C68H128O6/c1-4-7-10-13-16-19-22-24-26-28-30-31-32-33-34-35-36-37-39-40-42-44-46-49-52-55-58-61-67(70)73-64-65(63-72-66(69)60-57-54-51-48-21-18-15-12-9-6-3)74-68(71)62-59-56-53-50-47-45-43-41-38-29-27-25-23-20-17-14-11-8-5-2/h22,24,28,30,65H,4-21,23,25-27,29,31-64H2,1-3H3/b24-22-,30-28-. The van der Waals surface area contributed by atoms with Crippen LogP contribution in [0.2, 0.25) is 0 Å². The van der Waals surface area contributed by atoms with Crippen molar-refractivity contribution in [3.63, 3.8) is 0 Å².